The second-order valence-electron chi connectivity index (χ2n) is 3.31. The normalized spacial score (nSPS) is 15.1. The van der Waals surface area contributed by atoms with Gasteiger partial charge in [0.05, 0.1) is 5.03 Å². The number of nitrogens with two attached hydrogens (primary N) is 1. The van der Waals surface area contributed by atoms with E-state index in [2.05, 4.69) is 4.98 Å². The lowest BCUT2D eigenvalue weighted by atomic mass is 10.2. The van der Waals surface area contributed by atoms with Crippen LogP contribution in [-0.2, 0) is 0 Å². The molecule has 2 unspecified atom stereocenters. The van der Waals surface area contributed by atoms with Crippen LogP contribution >= 0.6 is 11.8 Å². The topological polar surface area (TPSA) is 38.9 Å². The number of alkyl halides is 1. The summed E-state index contributed by atoms with van der Waals surface area (Å²) in [6.07, 6.45) is 0.950. The Balaban J connectivity index is 2.55. The lowest BCUT2D eigenvalue weighted by molar-refractivity contribution is 0.398. The molecule has 2 N–H and O–H groups in total. The fourth-order valence-corrected chi connectivity index (χ4v) is 1.64. The summed E-state index contributed by atoms with van der Waals surface area (Å²) in [5.41, 5.74) is 6.68. The SMILES string of the molecule is CC(F)CSc1ccc(C(C)N)cn1. The third-order valence-corrected chi connectivity index (χ3v) is 2.91. The fraction of sp³-hybridized carbons (Fsp3) is 0.500. The van der Waals surface area contributed by atoms with Crippen molar-refractivity contribution >= 4 is 11.8 Å². The largest absolute Gasteiger partial charge is 0.324 e. The van der Waals surface area contributed by atoms with E-state index in [1.165, 1.54) is 11.8 Å². The first-order chi connectivity index (χ1) is 6.59. The van der Waals surface area contributed by atoms with E-state index < -0.39 is 6.17 Å². The minimum Gasteiger partial charge on any atom is -0.324 e. The molecule has 4 heteroatoms. The van der Waals surface area contributed by atoms with E-state index in [-0.39, 0.29) is 6.04 Å². The van der Waals surface area contributed by atoms with Crippen molar-refractivity contribution in [3.8, 4) is 0 Å². The minimum absolute atomic E-state index is 0.00153. The minimum atomic E-state index is -0.796. The van der Waals surface area contributed by atoms with Crippen molar-refractivity contribution in [3.05, 3.63) is 23.9 Å². The summed E-state index contributed by atoms with van der Waals surface area (Å²) in [5, 5.41) is 0.846. The molecule has 0 aliphatic heterocycles. The fourth-order valence-electron chi connectivity index (χ4n) is 0.947. The van der Waals surface area contributed by atoms with Crippen molar-refractivity contribution in [1.82, 2.24) is 4.98 Å². The average molecular weight is 214 g/mol. The summed E-state index contributed by atoms with van der Waals surface area (Å²) < 4.78 is 12.5. The van der Waals surface area contributed by atoms with Crippen LogP contribution in [0, 0.1) is 0 Å². The highest BCUT2D eigenvalue weighted by molar-refractivity contribution is 7.99. The van der Waals surface area contributed by atoms with E-state index in [1.54, 1.807) is 13.1 Å². The summed E-state index contributed by atoms with van der Waals surface area (Å²) in [5.74, 6) is 0.449. The predicted molar refractivity (Wildman–Crippen MR) is 58.1 cm³/mol. The van der Waals surface area contributed by atoms with Crippen molar-refractivity contribution in [2.45, 2.75) is 31.1 Å². The first-order valence-corrected chi connectivity index (χ1v) is 5.56. The molecule has 1 aromatic heterocycles. The van der Waals surface area contributed by atoms with E-state index >= 15 is 0 Å². The number of aromatic nitrogens is 1. The second kappa shape index (κ2) is 5.32. The van der Waals surface area contributed by atoms with Crippen molar-refractivity contribution in [3.63, 3.8) is 0 Å². The van der Waals surface area contributed by atoms with Gasteiger partial charge in [-0.05, 0) is 25.5 Å². The maximum Gasteiger partial charge on any atom is 0.107 e. The predicted octanol–water partition coefficient (Wildman–Crippen LogP) is 2.55. The van der Waals surface area contributed by atoms with Crippen molar-refractivity contribution in [2.75, 3.05) is 5.75 Å². The molecule has 0 saturated carbocycles. The van der Waals surface area contributed by atoms with Crippen LogP contribution in [0.2, 0.25) is 0 Å². The van der Waals surface area contributed by atoms with Gasteiger partial charge in [-0.1, -0.05) is 6.07 Å². The lowest BCUT2D eigenvalue weighted by Crippen LogP contribution is -2.05. The molecule has 0 aliphatic carbocycles. The molecule has 1 aromatic rings. The van der Waals surface area contributed by atoms with Gasteiger partial charge in [0.1, 0.15) is 6.17 Å². The van der Waals surface area contributed by atoms with Crippen LogP contribution in [0.3, 0.4) is 0 Å². The average Bonchev–Trinajstić information content (AvgIpc) is 2.15. The van der Waals surface area contributed by atoms with Crippen molar-refractivity contribution < 1.29 is 4.39 Å². The highest BCUT2D eigenvalue weighted by Crippen LogP contribution is 2.18. The zero-order chi connectivity index (χ0) is 10.6. The number of hydrogen-bond donors (Lipinski definition) is 1. The van der Waals surface area contributed by atoms with Gasteiger partial charge in [0.15, 0.2) is 0 Å². The van der Waals surface area contributed by atoms with E-state index in [9.17, 15) is 4.39 Å². The first kappa shape index (κ1) is 11.5. The number of nitrogens with zero attached hydrogens (tertiary/aromatic N) is 1. The van der Waals surface area contributed by atoms with Gasteiger partial charge in [-0.15, -0.1) is 11.8 Å². The zero-order valence-corrected chi connectivity index (χ0v) is 9.22. The Morgan fingerprint density at radius 1 is 1.50 bits per heavy atom. The van der Waals surface area contributed by atoms with Crippen LogP contribution < -0.4 is 5.73 Å². The lowest BCUT2D eigenvalue weighted by Gasteiger charge is -2.06. The first-order valence-electron chi connectivity index (χ1n) is 4.58. The summed E-state index contributed by atoms with van der Waals surface area (Å²) in [4.78, 5) is 4.19. The summed E-state index contributed by atoms with van der Waals surface area (Å²) in [7, 11) is 0. The number of hydrogen-bond acceptors (Lipinski definition) is 3. The number of thioether (sulfide) groups is 1. The quantitative estimate of drug-likeness (QED) is 0.783. The van der Waals surface area contributed by atoms with Crippen LogP contribution in [0.15, 0.2) is 23.4 Å². The third-order valence-electron chi connectivity index (χ3n) is 1.75. The molecule has 0 radical (unpaired) electrons. The standard InChI is InChI=1S/C10H15FN2S/c1-7(11)6-14-10-4-3-9(5-13-10)8(2)12/h3-5,7-8H,6,12H2,1-2H3. The van der Waals surface area contributed by atoms with Crippen LogP contribution in [0.25, 0.3) is 0 Å². The van der Waals surface area contributed by atoms with Crippen LogP contribution in [-0.4, -0.2) is 16.9 Å². The molecule has 78 valence electrons. The number of pyridine rings is 1. The molecule has 0 spiro atoms. The van der Waals surface area contributed by atoms with Gasteiger partial charge in [-0.3, -0.25) is 0 Å². The Bertz CT molecular complexity index is 272. The smallest absolute Gasteiger partial charge is 0.107 e. The number of rotatable bonds is 4. The van der Waals surface area contributed by atoms with Gasteiger partial charge in [0.25, 0.3) is 0 Å². The Hall–Kier alpha value is -0.610. The number of halogens is 1. The maximum absolute atomic E-state index is 12.5. The second-order valence-corrected chi connectivity index (χ2v) is 4.35. The van der Waals surface area contributed by atoms with Gasteiger partial charge >= 0.3 is 0 Å². The van der Waals surface area contributed by atoms with Crippen LogP contribution in [0.1, 0.15) is 25.5 Å². The maximum atomic E-state index is 12.5. The van der Waals surface area contributed by atoms with Gasteiger partial charge in [0.2, 0.25) is 0 Å². The summed E-state index contributed by atoms with van der Waals surface area (Å²) in [6.45, 7) is 3.46. The zero-order valence-electron chi connectivity index (χ0n) is 8.40. The third kappa shape index (κ3) is 3.64. The molecule has 0 aliphatic rings. The van der Waals surface area contributed by atoms with Gasteiger partial charge in [0, 0.05) is 18.0 Å². The molecule has 2 nitrogen and oxygen atoms in total. The van der Waals surface area contributed by atoms with Gasteiger partial charge in [-0.2, -0.15) is 0 Å². The summed E-state index contributed by atoms with van der Waals surface area (Å²) in [6, 6.07) is 3.82. The molecule has 0 amide bonds. The molecule has 0 fully saturated rings. The molecule has 0 bridgehead atoms. The van der Waals surface area contributed by atoms with Crippen LogP contribution in [0.4, 0.5) is 4.39 Å². The van der Waals surface area contributed by atoms with E-state index in [0.29, 0.717) is 5.75 Å². The molecular weight excluding hydrogens is 199 g/mol. The molecule has 1 heterocycles. The van der Waals surface area contributed by atoms with Gasteiger partial charge < -0.3 is 5.73 Å². The molecule has 0 saturated heterocycles. The Morgan fingerprint density at radius 2 is 2.21 bits per heavy atom. The molecule has 2 atom stereocenters. The van der Waals surface area contributed by atoms with Crippen molar-refractivity contribution in [1.29, 1.82) is 0 Å². The van der Waals surface area contributed by atoms with E-state index in [0.717, 1.165) is 10.6 Å². The Kier molecular flexibility index (Phi) is 4.35. The molecule has 1 rings (SSSR count). The highest BCUT2D eigenvalue weighted by atomic mass is 32.2. The Labute approximate surface area is 88.1 Å². The summed E-state index contributed by atoms with van der Waals surface area (Å²) >= 11 is 1.42. The van der Waals surface area contributed by atoms with Crippen LogP contribution in [0.5, 0.6) is 0 Å². The van der Waals surface area contributed by atoms with Gasteiger partial charge in [-0.25, -0.2) is 9.37 Å². The molecule has 14 heavy (non-hydrogen) atoms. The van der Waals surface area contributed by atoms with E-state index in [4.69, 9.17) is 5.73 Å². The van der Waals surface area contributed by atoms with Crippen molar-refractivity contribution in [2.24, 2.45) is 5.73 Å². The van der Waals surface area contributed by atoms with E-state index in [1.807, 2.05) is 19.1 Å². The molecule has 0 aromatic carbocycles. The highest BCUT2D eigenvalue weighted by Gasteiger charge is 2.03. The monoisotopic (exact) mass is 214 g/mol. The molecular formula is C10H15FN2S. The Morgan fingerprint density at radius 3 is 2.64 bits per heavy atom.